The first-order valence-electron chi connectivity index (χ1n) is 6.60. The zero-order valence-electron chi connectivity index (χ0n) is 11.4. The van der Waals surface area contributed by atoms with Crippen molar-refractivity contribution in [2.75, 3.05) is 0 Å². The van der Waals surface area contributed by atoms with Crippen LogP contribution in [0.1, 0.15) is 24.2 Å². The van der Waals surface area contributed by atoms with Gasteiger partial charge in [-0.15, -0.1) is 0 Å². The zero-order chi connectivity index (χ0) is 14.4. The molecule has 104 valence electrons. The lowest BCUT2D eigenvalue weighted by Gasteiger charge is -2.16. The Balaban J connectivity index is 1.91. The lowest BCUT2D eigenvalue weighted by Crippen LogP contribution is -2.34. The first kappa shape index (κ1) is 14.6. The fourth-order valence-corrected chi connectivity index (χ4v) is 2.23. The topological polar surface area (TPSA) is 42.0 Å². The van der Waals surface area contributed by atoms with E-state index in [1.165, 1.54) is 0 Å². The minimum Gasteiger partial charge on any atom is -0.347 e. The lowest BCUT2D eigenvalue weighted by molar-refractivity contribution is -0.121. The maximum absolute atomic E-state index is 12.1. The van der Waals surface area contributed by atoms with Crippen LogP contribution >= 0.6 is 12.6 Å². The highest BCUT2D eigenvalue weighted by Crippen LogP contribution is 2.12. The standard InChI is InChI=1S/C16H18N2OS/c1-12(14-9-5-6-10-17-14)18-16(19)15(20)11-13-7-3-2-4-8-13/h2-10,12,15,20H,11H2,1H3,(H,18,19). The van der Waals surface area contributed by atoms with Crippen molar-refractivity contribution in [3.8, 4) is 0 Å². The number of rotatable bonds is 5. The van der Waals surface area contributed by atoms with Crippen molar-refractivity contribution in [3.63, 3.8) is 0 Å². The van der Waals surface area contributed by atoms with E-state index < -0.39 is 0 Å². The Morgan fingerprint density at radius 1 is 1.20 bits per heavy atom. The monoisotopic (exact) mass is 286 g/mol. The van der Waals surface area contributed by atoms with E-state index in [9.17, 15) is 4.79 Å². The number of thiol groups is 1. The molecular formula is C16H18N2OS. The summed E-state index contributed by atoms with van der Waals surface area (Å²) in [7, 11) is 0. The molecule has 0 saturated carbocycles. The second-order valence-electron chi connectivity index (χ2n) is 4.69. The van der Waals surface area contributed by atoms with Crippen LogP contribution in [0, 0.1) is 0 Å². The van der Waals surface area contributed by atoms with Gasteiger partial charge in [0.2, 0.25) is 5.91 Å². The van der Waals surface area contributed by atoms with Crippen LogP contribution in [0.15, 0.2) is 54.7 Å². The van der Waals surface area contributed by atoms with Gasteiger partial charge in [0.05, 0.1) is 17.0 Å². The van der Waals surface area contributed by atoms with E-state index in [1.54, 1.807) is 6.20 Å². The van der Waals surface area contributed by atoms with Crippen LogP contribution in [-0.2, 0) is 11.2 Å². The van der Waals surface area contributed by atoms with Crippen LogP contribution in [0.4, 0.5) is 0 Å². The van der Waals surface area contributed by atoms with Gasteiger partial charge in [0, 0.05) is 6.20 Å². The summed E-state index contributed by atoms with van der Waals surface area (Å²) in [6, 6.07) is 15.4. The molecule has 2 unspecified atom stereocenters. The molecule has 20 heavy (non-hydrogen) atoms. The number of aromatic nitrogens is 1. The van der Waals surface area contributed by atoms with Gasteiger partial charge in [-0.1, -0.05) is 36.4 Å². The SMILES string of the molecule is CC(NC(=O)C(S)Cc1ccccc1)c1ccccn1. The Labute approximate surface area is 124 Å². The van der Waals surface area contributed by atoms with Crippen molar-refractivity contribution in [3.05, 3.63) is 66.0 Å². The third kappa shape index (κ3) is 4.10. The second kappa shape index (κ2) is 7.10. The molecule has 1 aromatic heterocycles. The number of pyridine rings is 1. The molecule has 2 atom stereocenters. The van der Waals surface area contributed by atoms with E-state index >= 15 is 0 Å². The van der Waals surface area contributed by atoms with Gasteiger partial charge in [0.25, 0.3) is 0 Å². The highest BCUT2D eigenvalue weighted by Gasteiger charge is 2.17. The van der Waals surface area contributed by atoms with Crippen LogP contribution in [-0.4, -0.2) is 16.1 Å². The van der Waals surface area contributed by atoms with Gasteiger partial charge in [-0.25, -0.2) is 0 Å². The van der Waals surface area contributed by atoms with Crippen molar-refractivity contribution < 1.29 is 4.79 Å². The Hall–Kier alpha value is -1.81. The molecule has 1 amide bonds. The minimum atomic E-state index is -0.358. The molecule has 0 aliphatic carbocycles. The van der Waals surface area contributed by atoms with E-state index in [2.05, 4.69) is 22.9 Å². The molecule has 4 heteroatoms. The Morgan fingerprint density at radius 3 is 2.55 bits per heavy atom. The first-order valence-corrected chi connectivity index (χ1v) is 7.12. The molecule has 2 rings (SSSR count). The van der Waals surface area contributed by atoms with E-state index in [0.717, 1.165) is 11.3 Å². The first-order chi connectivity index (χ1) is 9.66. The summed E-state index contributed by atoms with van der Waals surface area (Å²) in [5.41, 5.74) is 1.95. The third-order valence-corrected chi connectivity index (χ3v) is 3.48. The third-order valence-electron chi connectivity index (χ3n) is 3.06. The smallest absolute Gasteiger partial charge is 0.233 e. The van der Waals surface area contributed by atoms with Gasteiger partial charge in [-0.2, -0.15) is 12.6 Å². The fraction of sp³-hybridized carbons (Fsp3) is 0.250. The van der Waals surface area contributed by atoms with Crippen LogP contribution in [0.5, 0.6) is 0 Å². The molecule has 0 fully saturated rings. The van der Waals surface area contributed by atoms with E-state index in [4.69, 9.17) is 0 Å². The average Bonchev–Trinajstić information content (AvgIpc) is 2.49. The average molecular weight is 286 g/mol. The number of benzene rings is 1. The largest absolute Gasteiger partial charge is 0.347 e. The van der Waals surface area contributed by atoms with E-state index in [1.807, 2.05) is 55.5 Å². The van der Waals surface area contributed by atoms with E-state index in [-0.39, 0.29) is 17.2 Å². The molecule has 0 spiro atoms. The normalized spacial score (nSPS) is 13.5. The molecule has 1 aromatic carbocycles. The summed E-state index contributed by atoms with van der Waals surface area (Å²) in [4.78, 5) is 16.4. The van der Waals surface area contributed by atoms with Crippen LogP contribution < -0.4 is 5.32 Å². The number of carbonyl (C=O) groups is 1. The predicted octanol–water partition coefficient (Wildman–Crippen LogP) is 2.80. The minimum absolute atomic E-state index is 0.0738. The summed E-state index contributed by atoms with van der Waals surface area (Å²) in [5.74, 6) is -0.0738. The van der Waals surface area contributed by atoms with Crippen molar-refractivity contribution >= 4 is 18.5 Å². The summed E-state index contributed by atoms with van der Waals surface area (Å²) in [6.07, 6.45) is 2.34. The summed E-state index contributed by atoms with van der Waals surface area (Å²) in [6.45, 7) is 1.92. The number of nitrogens with zero attached hydrogens (tertiary/aromatic N) is 1. The van der Waals surface area contributed by atoms with Crippen molar-refractivity contribution in [2.24, 2.45) is 0 Å². The van der Waals surface area contributed by atoms with Gasteiger partial charge < -0.3 is 5.32 Å². The zero-order valence-corrected chi connectivity index (χ0v) is 12.3. The Morgan fingerprint density at radius 2 is 1.90 bits per heavy atom. The lowest BCUT2D eigenvalue weighted by atomic mass is 10.1. The quantitative estimate of drug-likeness (QED) is 0.830. The predicted molar refractivity (Wildman–Crippen MR) is 83.7 cm³/mol. The molecule has 3 nitrogen and oxygen atoms in total. The van der Waals surface area contributed by atoms with Gasteiger partial charge in [-0.3, -0.25) is 9.78 Å². The van der Waals surface area contributed by atoms with Crippen LogP contribution in [0.3, 0.4) is 0 Å². The molecular weight excluding hydrogens is 268 g/mol. The van der Waals surface area contributed by atoms with Crippen LogP contribution in [0.25, 0.3) is 0 Å². The Bertz CT molecular complexity index is 545. The highest BCUT2D eigenvalue weighted by molar-refractivity contribution is 7.81. The van der Waals surface area contributed by atoms with E-state index in [0.29, 0.717) is 6.42 Å². The molecule has 0 aliphatic heterocycles. The Kier molecular flexibility index (Phi) is 5.18. The number of amides is 1. The molecule has 1 N–H and O–H groups in total. The maximum atomic E-state index is 12.1. The molecule has 0 saturated heterocycles. The molecule has 0 bridgehead atoms. The number of carbonyl (C=O) groups excluding carboxylic acids is 1. The number of hydrogen-bond donors (Lipinski definition) is 2. The fourth-order valence-electron chi connectivity index (χ4n) is 1.95. The number of nitrogens with one attached hydrogen (secondary N) is 1. The molecule has 1 heterocycles. The molecule has 2 aromatic rings. The molecule has 0 radical (unpaired) electrons. The number of hydrogen-bond acceptors (Lipinski definition) is 3. The molecule has 0 aliphatic rings. The van der Waals surface area contributed by atoms with Crippen LogP contribution in [0.2, 0.25) is 0 Å². The van der Waals surface area contributed by atoms with Crippen molar-refractivity contribution in [2.45, 2.75) is 24.6 Å². The van der Waals surface area contributed by atoms with Crippen molar-refractivity contribution in [1.29, 1.82) is 0 Å². The summed E-state index contributed by atoms with van der Waals surface area (Å²) >= 11 is 4.39. The second-order valence-corrected chi connectivity index (χ2v) is 5.31. The van der Waals surface area contributed by atoms with Gasteiger partial charge >= 0.3 is 0 Å². The summed E-state index contributed by atoms with van der Waals surface area (Å²) < 4.78 is 0. The van der Waals surface area contributed by atoms with Gasteiger partial charge in [0.1, 0.15) is 0 Å². The van der Waals surface area contributed by atoms with Gasteiger partial charge in [-0.05, 0) is 31.0 Å². The summed E-state index contributed by atoms with van der Waals surface area (Å²) in [5, 5.41) is 2.58. The highest BCUT2D eigenvalue weighted by atomic mass is 32.1. The maximum Gasteiger partial charge on any atom is 0.233 e. The van der Waals surface area contributed by atoms with Crippen molar-refractivity contribution in [1.82, 2.24) is 10.3 Å². The van der Waals surface area contributed by atoms with Gasteiger partial charge in [0.15, 0.2) is 0 Å².